The van der Waals surface area contributed by atoms with E-state index in [9.17, 15) is 43.2 Å². The summed E-state index contributed by atoms with van der Waals surface area (Å²) in [5.41, 5.74) is -3.66. The molecule has 3 N–H and O–H groups in total. The normalized spacial score (nSPS) is 30.6. The van der Waals surface area contributed by atoms with E-state index < -0.39 is 208 Å². The first-order chi connectivity index (χ1) is 63.4. The number of nitrogens with zero attached hydrogens (tertiary/aromatic N) is 9. The number of carbonyl (C=O) groups is 6. The summed E-state index contributed by atoms with van der Waals surface area (Å²) < 4.78 is 164. The summed E-state index contributed by atoms with van der Waals surface area (Å²) >= 11 is 0. The van der Waals surface area contributed by atoms with Crippen molar-refractivity contribution < 1.29 is 182 Å². The van der Waals surface area contributed by atoms with Crippen molar-refractivity contribution in [3.05, 3.63) is 71.7 Å². The number of nitrogens with one attached hydrogen (secondary N) is 3. The van der Waals surface area contributed by atoms with Gasteiger partial charge in [-0.15, -0.1) is 0 Å². The standard InChI is InChI=1S/C33H41F2N4O7.C33H43F2N4O7.C29H35F2N4O7.3V/c1-6-19-24(15-40)39-14-26(19)45-29-27(36-22-8-7-18(43-5)13-23(22)37-29)33(34,35)9-10-44-16-21-20-11-17(20)12-25(21)46-31(42)38-28(30(39)41)32(2,3)4;1-7-21-24(17-40)39-16-25(21)45-28-26(36-22-11-10-20(43-6)15-23(22)37-28)33(34,35)13-14-44-18-19-9-8-12-32(19,5)46-30(42)38-27(29(39)41)31(2,3)4;1-15-20(13-36)35-12-22(15)41-25-23(32-18-7-6-17(39-5)11-19(18)33-25)29(30,31)8-9-40-14-16-10-21(16)42-27(38)34-24(26(35)37)28(2,3)4;;;/h7-8,13,17,19-21,24-26,28H,6,9-12,14,16H2,1-5H3,(H,38,42);10-11,15,19,21,24-25,27H,7-9,12-14,16,18H2,1-6H3,(H,38,42);6-7,11,15-16,20-22,24H,8-10,12,14H2,1-5H3,(H,34,38);;;/q3*-1;;;/t17?,19-,20?,21+,24+,25+,26-,28+;19-,21-,24+,25-,27+,32+;15-,16-,20+,21+,22-,24+;;;/m000.../s1. The van der Waals surface area contributed by atoms with Crippen molar-refractivity contribution in [2.24, 2.45) is 63.6 Å². The molecule has 10 aliphatic rings. The fraction of sp³-hybridized carbons (Fsp3) is 0.653. The molecule has 745 valence electrons. The fourth-order valence-electron chi connectivity index (χ4n) is 19.4. The quantitative estimate of drug-likeness (QED) is 0.0723. The Kier molecular flexibility index (Phi) is 34.5. The zero-order valence-electron chi connectivity index (χ0n) is 79.5. The molecule has 137 heavy (non-hydrogen) atoms. The van der Waals surface area contributed by atoms with E-state index in [-0.39, 0.29) is 172 Å². The van der Waals surface area contributed by atoms with E-state index in [4.69, 9.17) is 56.8 Å². The number of aromatic nitrogens is 6. The Labute approximate surface area is 827 Å². The number of alkyl halides is 6. The second-order valence-corrected chi connectivity index (χ2v) is 40.0. The second-order valence-electron chi connectivity index (χ2n) is 40.0. The SMILES string of the molecule is CC[C@@H]1[C@@H]2CN(C(=O)[C@H](C(C)(C)C)NC(=O)O[C@@H]3CC4CC4[C@H]3COCCC(F)(F)c3nc4ccc(OC)cc4nc3O2)[C@@H]1[C-]=O.CC[C@@H]1[C@@H]2CN(C(=O)[C@H](C(C)(C)C)NC(=O)O[C@]3(C)CCC[C@H]3COCCC(F)(F)c3nc4ccc(OC)cc4nc3O2)[C@@H]1[C-]=O.COc1ccc2nc3c(nc2c1)O[C@H]1CN(C(=O)[C@H](C(C)(C)C)NC(=O)O[C@@H]2C[C@H]2COCCC3(F)F)[C@H]([C-]=O)[C@@H]1C.[V].[V].[V]. The van der Waals surface area contributed by atoms with E-state index in [1.165, 1.54) is 42.1 Å². The van der Waals surface area contributed by atoms with Gasteiger partial charge in [-0.3, -0.25) is 14.4 Å². The summed E-state index contributed by atoms with van der Waals surface area (Å²) in [5, 5.41) is 8.21. The van der Waals surface area contributed by atoms with Crippen LogP contribution < -0.4 is 44.4 Å². The number of amides is 6. The number of fused-ring (bicyclic) bond motifs is 17. The molecule has 6 aliphatic heterocycles. The summed E-state index contributed by atoms with van der Waals surface area (Å²) in [5.74, 6) is -13.5. The molecule has 4 aliphatic carbocycles. The molecule has 3 aromatic carbocycles. The Morgan fingerprint density at radius 1 is 0.438 bits per heavy atom. The molecule has 0 spiro atoms. The molecule has 16 rings (SSSR count). The Balaban J connectivity index is 0.000000195. The summed E-state index contributed by atoms with van der Waals surface area (Å²) in [6.45, 7) is 22.4. The Hall–Kier alpha value is -9.08. The molecule has 7 fully saturated rings. The third-order valence-electron chi connectivity index (χ3n) is 27.6. The van der Waals surface area contributed by atoms with Crippen molar-refractivity contribution in [3.63, 3.8) is 0 Å². The average Bonchev–Trinajstić information content (AvgIpc) is 1.57. The number of hydrogen-bond donors (Lipinski definition) is 3. The zero-order chi connectivity index (χ0) is 96.8. The van der Waals surface area contributed by atoms with Gasteiger partial charge in [0.2, 0.25) is 35.4 Å². The van der Waals surface area contributed by atoms with E-state index >= 15 is 26.3 Å². The number of halogens is 6. The first-order valence-corrected chi connectivity index (χ1v) is 45.8. The molecule has 3 aromatic heterocycles. The minimum absolute atomic E-state index is 0. The smallest absolute Gasteiger partial charge is 0.408 e. The van der Waals surface area contributed by atoms with Gasteiger partial charge in [-0.25, -0.2) is 63.1 Å². The molecule has 4 saturated carbocycles. The first-order valence-electron chi connectivity index (χ1n) is 45.8. The van der Waals surface area contributed by atoms with Crippen LogP contribution in [0.25, 0.3) is 33.1 Å². The zero-order valence-corrected chi connectivity index (χ0v) is 83.7. The van der Waals surface area contributed by atoms with Crippen molar-refractivity contribution in [1.29, 1.82) is 0 Å². The topological polar surface area (TPSA) is 388 Å². The molecule has 3 saturated heterocycles. The molecule has 20 atom stereocenters. The first kappa shape index (κ1) is 108. The summed E-state index contributed by atoms with van der Waals surface area (Å²) in [6.07, 6.45) is 2.80. The summed E-state index contributed by atoms with van der Waals surface area (Å²) in [4.78, 5) is 148. The number of hydrogen-bond acceptors (Lipinski definition) is 27. The molecule has 6 aromatic rings. The van der Waals surface area contributed by atoms with Crippen LogP contribution in [-0.2, 0) is 131 Å². The van der Waals surface area contributed by atoms with Crippen LogP contribution in [0.5, 0.6) is 34.9 Å². The largest absolute Gasteiger partial charge is 0.540 e. The van der Waals surface area contributed by atoms with Gasteiger partial charge in [0.1, 0.15) is 71.5 Å². The number of rotatable bonds is 8. The van der Waals surface area contributed by atoms with Crippen LogP contribution in [0.2, 0.25) is 0 Å². The van der Waals surface area contributed by atoms with E-state index in [1.54, 1.807) is 125 Å². The minimum Gasteiger partial charge on any atom is -0.540 e. The number of benzene rings is 3. The third kappa shape index (κ3) is 23.9. The predicted molar refractivity (Wildman–Crippen MR) is 470 cm³/mol. The van der Waals surface area contributed by atoms with Gasteiger partial charge in [0.05, 0.1) is 114 Å². The Morgan fingerprint density at radius 3 is 1.20 bits per heavy atom. The van der Waals surface area contributed by atoms with Crippen LogP contribution in [0.15, 0.2) is 54.6 Å². The maximum atomic E-state index is 16.0. The molecular formula is C95H119F6N12O21V3-3. The fourth-order valence-corrected chi connectivity index (χ4v) is 19.4. The molecule has 33 nitrogen and oxygen atoms in total. The van der Waals surface area contributed by atoms with Crippen molar-refractivity contribution in [3.8, 4) is 34.9 Å². The van der Waals surface area contributed by atoms with Gasteiger partial charge in [0.25, 0.3) is 17.8 Å². The number of alkyl carbamates (subject to hydrolysis) is 3. The molecule has 9 heterocycles. The predicted octanol–water partition coefficient (Wildman–Crippen LogP) is 12.7. The van der Waals surface area contributed by atoms with Crippen molar-refractivity contribution in [1.82, 2.24) is 60.6 Å². The third-order valence-corrected chi connectivity index (χ3v) is 27.6. The van der Waals surface area contributed by atoms with Crippen molar-refractivity contribution in [2.45, 2.75) is 251 Å². The van der Waals surface area contributed by atoms with E-state index in [2.05, 4.69) is 45.9 Å². The van der Waals surface area contributed by atoms with Gasteiger partial charge in [-0.2, -0.15) is 26.3 Å². The Morgan fingerprint density at radius 2 is 0.803 bits per heavy atom. The van der Waals surface area contributed by atoms with Gasteiger partial charge >= 0.3 is 18.3 Å². The minimum atomic E-state index is -3.50. The number of ether oxygens (including phenoxy) is 12. The van der Waals surface area contributed by atoms with Crippen LogP contribution in [0, 0.1) is 63.6 Å². The van der Waals surface area contributed by atoms with E-state index in [0.717, 1.165) is 12.8 Å². The summed E-state index contributed by atoms with van der Waals surface area (Å²) in [7, 11) is 4.43. The van der Waals surface area contributed by atoms with E-state index in [0.29, 0.717) is 67.6 Å². The van der Waals surface area contributed by atoms with Crippen molar-refractivity contribution >= 4 is 88.0 Å². The second kappa shape index (κ2) is 43.6. The molecule has 6 bridgehead atoms. The van der Waals surface area contributed by atoms with Crippen molar-refractivity contribution in [2.75, 3.05) is 80.6 Å². The molecule has 42 heteroatoms. The van der Waals surface area contributed by atoms with Gasteiger partial charge in [0, 0.05) is 111 Å². The average molecular weight is 2030 g/mol. The number of methoxy groups -OCH3 is 3. The van der Waals surface area contributed by atoms with Gasteiger partial charge in [-0.1, -0.05) is 114 Å². The van der Waals surface area contributed by atoms with Crippen LogP contribution in [-0.4, -0.2) is 252 Å². The van der Waals surface area contributed by atoms with Crippen LogP contribution in [0.1, 0.15) is 178 Å². The molecule has 6 amide bonds. The maximum Gasteiger partial charge on any atom is 0.408 e. The molecular weight excluding hydrogens is 1910 g/mol. The van der Waals surface area contributed by atoms with Crippen LogP contribution in [0.3, 0.4) is 0 Å². The van der Waals surface area contributed by atoms with Crippen LogP contribution >= 0.6 is 0 Å². The summed E-state index contributed by atoms with van der Waals surface area (Å²) in [6, 6.07) is 7.83. The van der Waals surface area contributed by atoms with Crippen LogP contribution in [0.4, 0.5) is 40.7 Å². The molecule has 2 unspecified atom stereocenters. The number of carbonyl (C=O) groups excluding carboxylic acids is 9. The van der Waals surface area contributed by atoms with Gasteiger partial charge in [-0.05, 0) is 128 Å². The van der Waals surface area contributed by atoms with Gasteiger partial charge in [0.15, 0.2) is 17.1 Å². The Bertz CT molecular complexity index is 5260. The monoisotopic (exact) mass is 2030 g/mol. The van der Waals surface area contributed by atoms with E-state index in [1.807, 2.05) is 32.7 Å². The maximum absolute atomic E-state index is 16.0. The van der Waals surface area contributed by atoms with Gasteiger partial charge < -0.3 is 102 Å². The molecule has 3 radical (unpaired) electrons.